The smallest absolute Gasteiger partial charge is 0.229 e. The van der Waals surface area contributed by atoms with E-state index in [0.717, 1.165) is 36.9 Å². The molecule has 1 N–H and O–H groups in total. The molecule has 1 saturated carbocycles. The number of fused-ring (bicyclic) bond motifs is 1. The highest BCUT2D eigenvalue weighted by atomic mass is 35.5. The van der Waals surface area contributed by atoms with Crippen LogP contribution >= 0.6 is 11.6 Å². The zero-order valence-electron chi connectivity index (χ0n) is 13.8. The van der Waals surface area contributed by atoms with Gasteiger partial charge in [0.2, 0.25) is 11.8 Å². The number of hydrogen-bond acceptors (Lipinski definition) is 3. The maximum absolute atomic E-state index is 12.6. The topological polar surface area (TPSA) is 55.1 Å². The van der Waals surface area contributed by atoms with Gasteiger partial charge in [-0.1, -0.05) is 43.0 Å². The largest absolute Gasteiger partial charge is 0.436 e. The Bertz CT molecular complexity index is 913. The minimum absolute atomic E-state index is 0.0892. The Hall–Kier alpha value is -2.33. The first kappa shape index (κ1) is 16.2. The van der Waals surface area contributed by atoms with Gasteiger partial charge in [-0.25, -0.2) is 4.98 Å². The zero-order valence-corrected chi connectivity index (χ0v) is 14.6. The molecule has 0 aliphatic heterocycles. The molecule has 0 bridgehead atoms. The molecule has 128 valence electrons. The number of aromatic nitrogens is 1. The number of halogens is 1. The third kappa shape index (κ3) is 3.40. The van der Waals surface area contributed by atoms with E-state index in [4.69, 9.17) is 16.0 Å². The van der Waals surface area contributed by atoms with Crippen molar-refractivity contribution in [2.45, 2.75) is 32.1 Å². The van der Waals surface area contributed by atoms with Crippen LogP contribution in [0.5, 0.6) is 0 Å². The number of nitrogens with one attached hydrogen (secondary N) is 1. The Morgan fingerprint density at radius 3 is 2.76 bits per heavy atom. The van der Waals surface area contributed by atoms with Gasteiger partial charge in [-0.05, 0) is 43.2 Å². The molecule has 1 aliphatic rings. The fraction of sp³-hybridized carbons (Fsp3) is 0.300. The lowest BCUT2D eigenvalue weighted by Crippen LogP contribution is -2.24. The van der Waals surface area contributed by atoms with E-state index in [9.17, 15) is 4.79 Å². The van der Waals surface area contributed by atoms with Crippen molar-refractivity contribution in [1.82, 2.24) is 4.98 Å². The molecule has 1 amide bonds. The molecule has 3 aromatic rings. The minimum atomic E-state index is 0.0892. The van der Waals surface area contributed by atoms with Crippen LogP contribution in [0.4, 0.5) is 5.69 Å². The van der Waals surface area contributed by atoms with E-state index < -0.39 is 0 Å². The van der Waals surface area contributed by atoms with E-state index in [1.165, 1.54) is 6.42 Å². The molecule has 1 heterocycles. The second-order valence-corrected chi connectivity index (χ2v) is 6.94. The molecule has 5 heteroatoms. The predicted octanol–water partition coefficient (Wildman–Crippen LogP) is 5.67. The van der Waals surface area contributed by atoms with E-state index in [2.05, 4.69) is 10.3 Å². The van der Waals surface area contributed by atoms with Crippen LogP contribution in [0.2, 0.25) is 5.02 Å². The Labute approximate surface area is 151 Å². The normalized spacial score (nSPS) is 15.4. The first-order chi connectivity index (χ1) is 12.2. The second-order valence-electron chi connectivity index (χ2n) is 6.50. The maximum atomic E-state index is 12.6. The Kier molecular flexibility index (Phi) is 4.45. The number of rotatable bonds is 3. The number of carbonyl (C=O) groups is 1. The van der Waals surface area contributed by atoms with E-state index in [0.29, 0.717) is 22.0 Å². The van der Waals surface area contributed by atoms with Crippen LogP contribution in [-0.2, 0) is 4.79 Å². The third-order valence-corrected chi connectivity index (χ3v) is 4.98. The van der Waals surface area contributed by atoms with Crippen LogP contribution in [0.1, 0.15) is 32.1 Å². The van der Waals surface area contributed by atoms with Crippen molar-refractivity contribution in [3.05, 3.63) is 47.5 Å². The summed E-state index contributed by atoms with van der Waals surface area (Å²) in [6, 6.07) is 13.0. The number of carbonyl (C=O) groups excluding carboxylic acids is 1. The molecule has 1 aromatic heterocycles. The molecular weight excluding hydrogens is 336 g/mol. The fourth-order valence-corrected chi connectivity index (χ4v) is 3.56. The lowest BCUT2D eigenvalue weighted by Gasteiger charge is -2.21. The zero-order chi connectivity index (χ0) is 17.2. The summed E-state index contributed by atoms with van der Waals surface area (Å²) in [5.41, 5.74) is 2.89. The lowest BCUT2D eigenvalue weighted by molar-refractivity contribution is -0.120. The van der Waals surface area contributed by atoms with Gasteiger partial charge in [0.15, 0.2) is 5.58 Å². The summed E-state index contributed by atoms with van der Waals surface area (Å²) in [5.74, 6) is 0.673. The standard InChI is InChI=1S/C20H19ClN2O2/c21-14-10-11-18-17(12-14)23-20(25-18)15-8-4-5-9-16(15)22-19(24)13-6-2-1-3-7-13/h4-5,8-13H,1-3,6-7H2,(H,22,24). The monoisotopic (exact) mass is 354 g/mol. The van der Waals surface area contributed by atoms with Gasteiger partial charge >= 0.3 is 0 Å². The Morgan fingerprint density at radius 1 is 1.12 bits per heavy atom. The number of oxazole rings is 1. The quantitative estimate of drug-likeness (QED) is 0.659. The average Bonchev–Trinajstić information content (AvgIpc) is 3.06. The van der Waals surface area contributed by atoms with Crippen LogP contribution in [0, 0.1) is 5.92 Å². The highest BCUT2D eigenvalue weighted by molar-refractivity contribution is 6.31. The molecule has 0 spiro atoms. The first-order valence-electron chi connectivity index (χ1n) is 8.67. The fourth-order valence-electron chi connectivity index (χ4n) is 3.39. The minimum Gasteiger partial charge on any atom is -0.436 e. The molecule has 25 heavy (non-hydrogen) atoms. The first-order valence-corrected chi connectivity index (χ1v) is 9.05. The molecule has 0 unspecified atom stereocenters. The van der Waals surface area contributed by atoms with Crippen molar-refractivity contribution >= 4 is 34.3 Å². The molecule has 2 aromatic carbocycles. The van der Waals surface area contributed by atoms with Gasteiger partial charge in [-0.15, -0.1) is 0 Å². The highest BCUT2D eigenvalue weighted by Crippen LogP contribution is 2.32. The third-order valence-electron chi connectivity index (χ3n) is 4.74. The molecule has 0 saturated heterocycles. The van der Waals surface area contributed by atoms with Crippen LogP contribution in [-0.4, -0.2) is 10.9 Å². The van der Waals surface area contributed by atoms with Crippen LogP contribution in [0.25, 0.3) is 22.6 Å². The molecule has 4 rings (SSSR count). The SMILES string of the molecule is O=C(Nc1ccccc1-c1nc2cc(Cl)ccc2o1)C1CCCCC1. The van der Waals surface area contributed by atoms with Gasteiger partial charge in [0.1, 0.15) is 5.52 Å². The predicted molar refractivity (Wildman–Crippen MR) is 99.7 cm³/mol. The number of para-hydroxylation sites is 1. The number of benzene rings is 2. The van der Waals surface area contributed by atoms with Crippen molar-refractivity contribution in [3.8, 4) is 11.5 Å². The van der Waals surface area contributed by atoms with Crippen molar-refractivity contribution < 1.29 is 9.21 Å². The molecule has 0 atom stereocenters. The van der Waals surface area contributed by atoms with Crippen molar-refractivity contribution in [2.75, 3.05) is 5.32 Å². The van der Waals surface area contributed by atoms with Gasteiger partial charge in [-0.3, -0.25) is 4.79 Å². The van der Waals surface area contributed by atoms with Crippen molar-refractivity contribution in [2.24, 2.45) is 5.92 Å². The molecule has 4 nitrogen and oxygen atoms in total. The van der Waals surface area contributed by atoms with Gasteiger partial charge in [0.05, 0.1) is 11.3 Å². The van der Waals surface area contributed by atoms with Crippen LogP contribution < -0.4 is 5.32 Å². The molecule has 0 radical (unpaired) electrons. The summed E-state index contributed by atoms with van der Waals surface area (Å²) in [6.07, 6.45) is 5.42. The van der Waals surface area contributed by atoms with Crippen molar-refractivity contribution in [3.63, 3.8) is 0 Å². The lowest BCUT2D eigenvalue weighted by atomic mass is 9.88. The van der Waals surface area contributed by atoms with Gasteiger partial charge < -0.3 is 9.73 Å². The Balaban J connectivity index is 1.64. The van der Waals surface area contributed by atoms with E-state index >= 15 is 0 Å². The van der Waals surface area contributed by atoms with Gasteiger partial charge in [0.25, 0.3) is 0 Å². The van der Waals surface area contributed by atoms with Crippen LogP contribution in [0.3, 0.4) is 0 Å². The van der Waals surface area contributed by atoms with Crippen molar-refractivity contribution in [1.29, 1.82) is 0 Å². The molecule has 1 fully saturated rings. The molecule has 1 aliphatic carbocycles. The maximum Gasteiger partial charge on any atom is 0.229 e. The summed E-state index contributed by atoms with van der Waals surface area (Å²) >= 11 is 6.02. The second kappa shape index (κ2) is 6.89. The highest BCUT2D eigenvalue weighted by Gasteiger charge is 2.22. The number of anilines is 1. The summed E-state index contributed by atoms with van der Waals surface area (Å²) in [5, 5.41) is 3.69. The van der Waals surface area contributed by atoms with Crippen LogP contribution in [0.15, 0.2) is 46.9 Å². The van der Waals surface area contributed by atoms with E-state index in [1.54, 1.807) is 18.2 Å². The number of amides is 1. The summed E-state index contributed by atoms with van der Waals surface area (Å²) in [6.45, 7) is 0. The number of nitrogens with zero attached hydrogens (tertiary/aromatic N) is 1. The Morgan fingerprint density at radius 2 is 1.92 bits per heavy atom. The number of hydrogen-bond donors (Lipinski definition) is 1. The average molecular weight is 355 g/mol. The molecular formula is C20H19ClN2O2. The van der Waals surface area contributed by atoms with Gasteiger partial charge in [0, 0.05) is 10.9 Å². The van der Waals surface area contributed by atoms with E-state index in [-0.39, 0.29) is 11.8 Å². The summed E-state index contributed by atoms with van der Waals surface area (Å²) in [4.78, 5) is 17.1. The van der Waals surface area contributed by atoms with Gasteiger partial charge in [-0.2, -0.15) is 0 Å². The summed E-state index contributed by atoms with van der Waals surface area (Å²) in [7, 11) is 0. The van der Waals surface area contributed by atoms with E-state index in [1.807, 2.05) is 24.3 Å². The summed E-state index contributed by atoms with van der Waals surface area (Å²) < 4.78 is 5.86.